The van der Waals surface area contributed by atoms with E-state index in [1.807, 2.05) is 0 Å². The number of aliphatic hydroxyl groups excluding tert-OH is 1. The maximum atomic E-state index is 11.1. The van der Waals surface area contributed by atoms with Crippen LogP contribution in [-0.4, -0.2) is 32.1 Å². The molecule has 0 aromatic carbocycles. The van der Waals surface area contributed by atoms with Gasteiger partial charge in [-0.15, -0.1) is 0 Å². The predicted octanol–water partition coefficient (Wildman–Crippen LogP) is -1.61. The summed E-state index contributed by atoms with van der Waals surface area (Å²) in [5.41, 5.74) is 1.81. The molecule has 1 aromatic rings. The van der Waals surface area contributed by atoms with Gasteiger partial charge >= 0.3 is 11.7 Å². The molecule has 0 bridgehead atoms. The first-order valence-electron chi connectivity index (χ1n) is 3.93. The molecule has 0 aliphatic heterocycles. The fourth-order valence-corrected chi connectivity index (χ4v) is 1.08. The Morgan fingerprint density at radius 3 is 2.93 bits per heavy atom. The first kappa shape index (κ1) is 11.1. The maximum Gasteiger partial charge on any atom is 0.343 e. The van der Waals surface area contributed by atoms with Gasteiger partial charge in [0.2, 0.25) is 0 Å². The molecule has 1 amide bonds. The standard InChI is InChI=1S/C6H9N5O4/c7-9-6(13)5-8-3-4(11(14)15)10(5)1-2-12/h3,12H,1-2,7H2,(H,9,13). The van der Waals surface area contributed by atoms with Gasteiger partial charge in [0.1, 0.15) is 12.7 Å². The number of carbonyl (C=O) groups is 1. The van der Waals surface area contributed by atoms with Crippen molar-refractivity contribution in [3.05, 3.63) is 22.1 Å². The zero-order chi connectivity index (χ0) is 11.4. The van der Waals surface area contributed by atoms with Gasteiger partial charge in [-0.2, -0.15) is 4.57 Å². The number of nitrogens with two attached hydrogens (primary N) is 1. The number of imidazole rings is 1. The summed E-state index contributed by atoms with van der Waals surface area (Å²) in [4.78, 5) is 24.5. The first-order valence-corrected chi connectivity index (χ1v) is 3.93. The molecule has 0 aliphatic rings. The van der Waals surface area contributed by atoms with Crippen molar-refractivity contribution in [3.8, 4) is 0 Å². The molecule has 0 unspecified atom stereocenters. The highest BCUT2D eigenvalue weighted by molar-refractivity contribution is 5.90. The van der Waals surface area contributed by atoms with E-state index in [0.717, 1.165) is 10.8 Å². The first-order chi connectivity index (χ1) is 7.11. The molecule has 1 rings (SSSR count). The van der Waals surface area contributed by atoms with Crippen LogP contribution in [0.5, 0.6) is 0 Å². The number of amides is 1. The van der Waals surface area contributed by atoms with Gasteiger partial charge in [-0.1, -0.05) is 0 Å². The average Bonchev–Trinajstić information content (AvgIpc) is 2.61. The number of nitrogen functional groups attached to an aromatic ring is 1. The second-order valence-electron chi connectivity index (χ2n) is 2.55. The summed E-state index contributed by atoms with van der Waals surface area (Å²) in [6.45, 7) is -0.443. The largest absolute Gasteiger partial charge is 0.392 e. The fourth-order valence-electron chi connectivity index (χ4n) is 1.08. The normalized spacial score (nSPS) is 10.0. The van der Waals surface area contributed by atoms with E-state index in [1.54, 1.807) is 5.43 Å². The van der Waals surface area contributed by atoms with Crippen LogP contribution >= 0.6 is 0 Å². The van der Waals surface area contributed by atoms with E-state index in [9.17, 15) is 14.9 Å². The van der Waals surface area contributed by atoms with Crippen molar-refractivity contribution in [2.75, 3.05) is 6.61 Å². The third kappa shape index (κ3) is 2.08. The van der Waals surface area contributed by atoms with Crippen molar-refractivity contribution in [2.24, 2.45) is 5.84 Å². The van der Waals surface area contributed by atoms with Crippen molar-refractivity contribution >= 4 is 11.7 Å². The molecular formula is C6H9N5O4. The van der Waals surface area contributed by atoms with E-state index in [0.29, 0.717) is 0 Å². The molecule has 0 fully saturated rings. The molecule has 0 atom stereocenters. The number of aromatic nitrogens is 2. The number of hydrogen-bond acceptors (Lipinski definition) is 6. The Balaban J connectivity index is 3.17. The molecule has 0 spiro atoms. The minimum atomic E-state index is -0.753. The number of aliphatic hydroxyl groups is 1. The zero-order valence-electron chi connectivity index (χ0n) is 7.58. The molecule has 0 saturated heterocycles. The number of nitrogens with one attached hydrogen (secondary N) is 1. The van der Waals surface area contributed by atoms with Crippen molar-refractivity contribution in [1.29, 1.82) is 0 Å². The van der Waals surface area contributed by atoms with Crippen LogP contribution in [0.25, 0.3) is 0 Å². The average molecular weight is 215 g/mol. The molecule has 4 N–H and O–H groups in total. The Morgan fingerprint density at radius 1 is 1.80 bits per heavy atom. The number of hydrazine groups is 1. The van der Waals surface area contributed by atoms with Gasteiger partial charge in [-0.25, -0.2) is 10.8 Å². The Hall–Kier alpha value is -2.00. The summed E-state index contributed by atoms with van der Waals surface area (Å²) >= 11 is 0. The van der Waals surface area contributed by atoms with Crippen LogP contribution in [-0.2, 0) is 6.54 Å². The van der Waals surface area contributed by atoms with Gasteiger partial charge in [0.05, 0.1) is 6.61 Å². The van der Waals surface area contributed by atoms with Gasteiger partial charge < -0.3 is 15.2 Å². The van der Waals surface area contributed by atoms with Gasteiger partial charge in [-0.05, 0) is 4.92 Å². The van der Waals surface area contributed by atoms with E-state index < -0.39 is 10.8 Å². The van der Waals surface area contributed by atoms with Crippen LogP contribution < -0.4 is 11.3 Å². The zero-order valence-corrected chi connectivity index (χ0v) is 7.58. The second kappa shape index (κ2) is 4.48. The topological polar surface area (TPSA) is 136 Å². The minimum Gasteiger partial charge on any atom is -0.392 e. The highest BCUT2D eigenvalue weighted by Crippen LogP contribution is 2.13. The van der Waals surface area contributed by atoms with E-state index in [1.165, 1.54) is 0 Å². The molecule has 15 heavy (non-hydrogen) atoms. The lowest BCUT2D eigenvalue weighted by Gasteiger charge is -2.01. The van der Waals surface area contributed by atoms with Gasteiger partial charge in [0.15, 0.2) is 0 Å². The van der Waals surface area contributed by atoms with Gasteiger partial charge in [0, 0.05) is 0 Å². The highest BCUT2D eigenvalue weighted by Gasteiger charge is 2.24. The van der Waals surface area contributed by atoms with Crippen molar-refractivity contribution in [3.63, 3.8) is 0 Å². The van der Waals surface area contributed by atoms with Crippen LogP contribution in [0.3, 0.4) is 0 Å². The Bertz CT molecular complexity index is 387. The molecule has 1 aromatic heterocycles. The highest BCUT2D eigenvalue weighted by atomic mass is 16.6. The Kier molecular flexibility index (Phi) is 3.31. The Labute approximate surface area is 83.6 Å². The lowest BCUT2D eigenvalue weighted by molar-refractivity contribution is -0.392. The summed E-state index contributed by atoms with van der Waals surface area (Å²) in [7, 11) is 0. The molecular weight excluding hydrogens is 206 g/mol. The van der Waals surface area contributed by atoms with Crippen molar-refractivity contribution in [2.45, 2.75) is 6.54 Å². The smallest absolute Gasteiger partial charge is 0.343 e. The number of carbonyl (C=O) groups excluding carboxylic acids is 1. The summed E-state index contributed by atoms with van der Waals surface area (Å²) in [6, 6.07) is 0. The van der Waals surface area contributed by atoms with Crippen LogP contribution in [0, 0.1) is 10.1 Å². The second-order valence-corrected chi connectivity index (χ2v) is 2.55. The number of hydrogen-bond donors (Lipinski definition) is 3. The lowest BCUT2D eigenvalue weighted by atomic mass is 10.5. The summed E-state index contributed by atoms with van der Waals surface area (Å²) in [5, 5.41) is 19.2. The SMILES string of the molecule is NNC(=O)c1ncc([N+](=O)[O-])n1CCO. The molecule has 0 aliphatic carbocycles. The van der Waals surface area contributed by atoms with Crippen molar-refractivity contribution < 1.29 is 14.8 Å². The lowest BCUT2D eigenvalue weighted by Crippen LogP contribution is -2.32. The third-order valence-electron chi connectivity index (χ3n) is 1.68. The van der Waals surface area contributed by atoms with Crippen LogP contribution in [0.4, 0.5) is 5.82 Å². The third-order valence-corrected chi connectivity index (χ3v) is 1.68. The van der Waals surface area contributed by atoms with E-state index >= 15 is 0 Å². The fraction of sp³-hybridized carbons (Fsp3) is 0.333. The van der Waals surface area contributed by atoms with Crippen LogP contribution in [0.2, 0.25) is 0 Å². The Morgan fingerprint density at radius 2 is 2.47 bits per heavy atom. The van der Waals surface area contributed by atoms with Crippen LogP contribution in [0.1, 0.15) is 10.6 Å². The molecule has 0 saturated carbocycles. The van der Waals surface area contributed by atoms with E-state index in [2.05, 4.69) is 4.98 Å². The molecule has 0 radical (unpaired) electrons. The minimum absolute atomic E-state index is 0.0981. The van der Waals surface area contributed by atoms with Gasteiger partial charge in [-0.3, -0.25) is 10.2 Å². The maximum absolute atomic E-state index is 11.1. The van der Waals surface area contributed by atoms with E-state index in [-0.39, 0.29) is 24.8 Å². The van der Waals surface area contributed by atoms with Crippen molar-refractivity contribution in [1.82, 2.24) is 15.0 Å². The van der Waals surface area contributed by atoms with Crippen LogP contribution in [0.15, 0.2) is 6.20 Å². The molecule has 1 heterocycles. The molecule has 9 heteroatoms. The number of rotatable bonds is 4. The summed E-state index contributed by atoms with van der Waals surface area (Å²) < 4.78 is 0.974. The number of nitrogens with zero attached hydrogens (tertiary/aromatic N) is 3. The number of nitro groups is 1. The summed E-state index contributed by atoms with van der Waals surface area (Å²) in [5.74, 6) is 3.53. The quantitative estimate of drug-likeness (QED) is 0.239. The summed E-state index contributed by atoms with van der Waals surface area (Å²) in [6.07, 6.45) is 0.931. The molecule has 9 nitrogen and oxygen atoms in total. The monoisotopic (exact) mass is 215 g/mol. The van der Waals surface area contributed by atoms with E-state index in [4.69, 9.17) is 10.9 Å². The molecule has 82 valence electrons. The predicted molar refractivity (Wildman–Crippen MR) is 47.6 cm³/mol. The van der Waals surface area contributed by atoms with Gasteiger partial charge in [0.25, 0.3) is 5.82 Å².